The summed E-state index contributed by atoms with van der Waals surface area (Å²) in [5.74, 6) is -0.864. The Balaban J connectivity index is 1.93. The van der Waals surface area contributed by atoms with Crippen molar-refractivity contribution in [3.8, 4) is 5.75 Å². The van der Waals surface area contributed by atoms with Gasteiger partial charge in [-0.05, 0) is 36.1 Å². The Hall–Kier alpha value is -2.89. The molecule has 1 atom stereocenters. The lowest BCUT2D eigenvalue weighted by atomic mass is 10.0. The molecular formula is C21H24FNO4. The Bertz CT molecular complexity index is 764. The van der Waals surface area contributed by atoms with Gasteiger partial charge in [-0.1, -0.05) is 36.4 Å². The minimum absolute atomic E-state index is 0.0916. The van der Waals surface area contributed by atoms with Crippen molar-refractivity contribution < 1.29 is 23.5 Å². The van der Waals surface area contributed by atoms with Crippen LogP contribution in [0, 0.1) is 5.82 Å². The first kappa shape index (κ1) is 20.4. The van der Waals surface area contributed by atoms with Crippen molar-refractivity contribution in [2.75, 3.05) is 14.2 Å². The summed E-state index contributed by atoms with van der Waals surface area (Å²) < 4.78 is 23.3. The van der Waals surface area contributed by atoms with E-state index in [1.165, 1.54) is 26.4 Å². The topological polar surface area (TPSA) is 64.6 Å². The van der Waals surface area contributed by atoms with Gasteiger partial charge < -0.3 is 14.8 Å². The summed E-state index contributed by atoms with van der Waals surface area (Å²) in [6, 6.07) is 13.9. The monoisotopic (exact) mass is 373 g/mol. The third-order valence-electron chi connectivity index (χ3n) is 4.19. The zero-order chi connectivity index (χ0) is 19.6. The lowest BCUT2D eigenvalue weighted by Crippen LogP contribution is -2.38. The highest BCUT2D eigenvalue weighted by atomic mass is 19.1. The SMILES string of the molecule is COC(=O)C[C@@H](Cc1ccccc1)NC(=O)CCc1ccc(OC)c(F)c1. The number of aryl methyl sites for hydroxylation is 1. The van der Waals surface area contributed by atoms with E-state index in [2.05, 4.69) is 5.32 Å². The van der Waals surface area contributed by atoms with Crippen LogP contribution in [0.25, 0.3) is 0 Å². The molecule has 0 saturated carbocycles. The van der Waals surface area contributed by atoms with Gasteiger partial charge in [0, 0.05) is 12.5 Å². The third-order valence-corrected chi connectivity index (χ3v) is 4.19. The summed E-state index contributed by atoms with van der Waals surface area (Å²) >= 11 is 0. The molecule has 27 heavy (non-hydrogen) atoms. The number of rotatable bonds is 9. The van der Waals surface area contributed by atoms with Crippen LogP contribution in [0.15, 0.2) is 48.5 Å². The van der Waals surface area contributed by atoms with Gasteiger partial charge in [0.05, 0.1) is 20.6 Å². The Morgan fingerprint density at radius 1 is 1.07 bits per heavy atom. The van der Waals surface area contributed by atoms with Crippen molar-refractivity contribution in [1.82, 2.24) is 5.32 Å². The fourth-order valence-corrected chi connectivity index (χ4v) is 2.78. The van der Waals surface area contributed by atoms with Gasteiger partial charge in [-0.3, -0.25) is 9.59 Å². The molecule has 0 aliphatic rings. The van der Waals surface area contributed by atoms with Crippen LogP contribution >= 0.6 is 0 Å². The van der Waals surface area contributed by atoms with Gasteiger partial charge in [-0.2, -0.15) is 0 Å². The molecule has 2 rings (SSSR count). The number of carbonyl (C=O) groups excluding carboxylic acids is 2. The molecule has 0 saturated heterocycles. The largest absolute Gasteiger partial charge is 0.494 e. The van der Waals surface area contributed by atoms with Crippen LogP contribution < -0.4 is 10.1 Å². The first-order valence-electron chi connectivity index (χ1n) is 8.74. The van der Waals surface area contributed by atoms with Crippen molar-refractivity contribution in [1.29, 1.82) is 0 Å². The second-order valence-corrected chi connectivity index (χ2v) is 6.20. The predicted octanol–water partition coefficient (Wildman–Crippen LogP) is 3.06. The molecular weight excluding hydrogens is 349 g/mol. The molecule has 1 amide bonds. The summed E-state index contributed by atoms with van der Waals surface area (Å²) in [4.78, 5) is 24.0. The zero-order valence-corrected chi connectivity index (χ0v) is 15.5. The van der Waals surface area contributed by atoms with Crippen molar-refractivity contribution in [3.05, 3.63) is 65.5 Å². The van der Waals surface area contributed by atoms with E-state index in [1.54, 1.807) is 6.07 Å². The highest BCUT2D eigenvalue weighted by Crippen LogP contribution is 2.18. The molecule has 0 aliphatic heterocycles. The van der Waals surface area contributed by atoms with Gasteiger partial charge in [-0.25, -0.2) is 4.39 Å². The zero-order valence-electron chi connectivity index (χ0n) is 15.5. The Labute approximate surface area is 158 Å². The average molecular weight is 373 g/mol. The van der Waals surface area contributed by atoms with Crippen LogP contribution in [0.4, 0.5) is 4.39 Å². The second kappa shape index (κ2) is 10.3. The highest BCUT2D eigenvalue weighted by Gasteiger charge is 2.17. The quantitative estimate of drug-likeness (QED) is 0.686. The number of ether oxygens (including phenoxy) is 2. The number of amides is 1. The Morgan fingerprint density at radius 2 is 1.81 bits per heavy atom. The molecule has 5 nitrogen and oxygen atoms in total. The van der Waals surface area contributed by atoms with Crippen molar-refractivity contribution >= 4 is 11.9 Å². The summed E-state index contributed by atoms with van der Waals surface area (Å²) in [5, 5.41) is 2.88. The van der Waals surface area contributed by atoms with Gasteiger partial charge in [0.2, 0.25) is 5.91 Å². The molecule has 0 aromatic heterocycles. The molecule has 6 heteroatoms. The molecule has 0 heterocycles. The van der Waals surface area contributed by atoms with Crippen LogP contribution in [-0.4, -0.2) is 32.1 Å². The molecule has 144 valence electrons. The summed E-state index contributed by atoms with van der Waals surface area (Å²) in [6.45, 7) is 0. The minimum atomic E-state index is -0.456. The number of benzene rings is 2. The van der Waals surface area contributed by atoms with Crippen LogP contribution in [0.5, 0.6) is 5.75 Å². The number of methoxy groups -OCH3 is 2. The predicted molar refractivity (Wildman–Crippen MR) is 100.0 cm³/mol. The molecule has 0 fully saturated rings. The normalized spacial score (nSPS) is 11.5. The van der Waals surface area contributed by atoms with Crippen molar-refractivity contribution in [2.24, 2.45) is 0 Å². The fraction of sp³-hybridized carbons (Fsp3) is 0.333. The van der Waals surface area contributed by atoms with E-state index in [0.717, 1.165) is 5.56 Å². The van der Waals surface area contributed by atoms with Crippen LogP contribution in [0.3, 0.4) is 0 Å². The summed E-state index contributed by atoms with van der Waals surface area (Å²) in [6.07, 6.45) is 1.20. The van der Waals surface area contributed by atoms with E-state index in [9.17, 15) is 14.0 Å². The number of hydrogen-bond acceptors (Lipinski definition) is 4. The number of esters is 1. The smallest absolute Gasteiger partial charge is 0.307 e. The molecule has 0 radical (unpaired) electrons. The maximum absolute atomic E-state index is 13.7. The summed E-state index contributed by atoms with van der Waals surface area (Å²) in [7, 11) is 2.72. The van der Waals surface area contributed by atoms with E-state index in [0.29, 0.717) is 18.4 Å². The number of nitrogens with one attached hydrogen (secondary N) is 1. The van der Waals surface area contributed by atoms with Crippen molar-refractivity contribution in [3.63, 3.8) is 0 Å². The van der Waals surface area contributed by atoms with E-state index >= 15 is 0 Å². The molecule has 0 spiro atoms. The van der Waals surface area contributed by atoms with Crippen LogP contribution in [-0.2, 0) is 27.2 Å². The van der Waals surface area contributed by atoms with E-state index in [1.807, 2.05) is 30.3 Å². The first-order chi connectivity index (χ1) is 13.0. The van der Waals surface area contributed by atoms with Crippen molar-refractivity contribution in [2.45, 2.75) is 31.7 Å². The standard InChI is InChI=1S/C21H24FNO4/c1-26-19-10-8-16(13-18(19)22)9-11-20(24)23-17(14-21(25)27-2)12-15-6-4-3-5-7-15/h3-8,10,13,17H,9,11-12,14H2,1-2H3,(H,23,24)/t17-/m1/s1. The Morgan fingerprint density at radius 3 is 2.44 bits per heavy atom. The van der Waals surface area contributed by atoms with Gasteiger partial charge >= 0.3 is 5.97 Å². The molecule has 0 unspecified atom stereocenters. The molecule has 0 bridgehead atoms. The average Bonchev–Trinajstić information content (AvgIpc) is 2.67. The van der Waals surface area contributed by atoms with E-state index < -0.39 is 5.82 Å². The maximum atomic E-state index is 13.7. The van der Waals surface area contributed by atoms with Crippen LogP contribution in [0.1, 0.15) is 24.0 Å². The fourth-order valence-electron chi connectivity index (χ4n) is 2.78. The number of hydrogen-bond donors (Lipinski definition) is 1. The van der Waals surface area contributed by atoms with Gasteiger partial charge in [0.1, 0.15) is 0 Å². The van der Waals surface area contributed by atoms with E-state index in [4.69, 9.17) is 9.47 Å². The van der Waals surface area contributed by atoms with E-state index in [-0.39, 0.29) is 36.5 Å². The minimum Gasteiger partial charge on any atom is -0.494 e. The van der Waals surface area contributed by atoms with Crippen LogP contribution in [0.2, 0.25) is 0 Å². The molecule has 2 aromatic rings. The summed E-state index contributed by atoms with van der Waals surface area (Å²) in [5.41, 5.74) is 1.72. The maximum Gasteiger partial charge on any atom is 0.307 e. The third kappa shape index (κ3) is 6.73. The van der Waals surface area contributed by atoms with Gasteiger partial charge in [0.25, 0.3) is 0 Å². The molecule has 1 N–H and O–H groups in total. The Kier molecular flexibility index (Phi) is 7.79. The van der Waals surface area contributed by atoms with Gasteiger partial charge in [-0.15, -0.1) is 0 Å². The van der Waals surface area contributed by atoms with Gasteiger partial charge in [0.15, 0.2) is 11.6 Å². The highest BCUT2D eigenvalue weighted by molar-refractivity contribution is 5.78. The second-order valence-electron chi connectivity index (χ2n) is 6.20. The molecule has 0 aliphatic carbocycles. The first-order valence-corrected chi connectivity index (χ1v) is 8.74. The number of halogens is 1. The molecule has 2 aromatic carbocycles. The lowest BCUT2D eigenvalue weighted by Gasteiger charge is -2.18. The number of carbonyl (C=O) groups is 2. The lowest BCUT2D eigenvalue weighted by molar-refractivity contribution is -0.141.